The van der Waals surface area contributed by atoms with E-state index in [-0.39, 0.29) is 0 Å². The Morgan fingerprint density at radius 2 is 0.816 bits per heavy atom. The van der Waals surface area contributed by atoms with Gasteiger partial charge in [0.15, 0.2) is 0 Å². The molecule has 0 atom stereocenters. The molecule has 0 spiro atoms. The fraction of sp³-hybridized carbons (Fsp3) is 0. The first-order chi connectivity index (χ1) is 18.8. The Bertz CT molecular complexity index is 2180. The minimum Gasteiger partial charge on any atom is -0.244 e. The smallest absolute Gasteiger partial charge is 0.0973 e. The summed E-state index contributed by atoms with van der Waals surface area (Å²) in [5.74, 6) is 0. The zero-order valence-corrected chi connectivity index (χ0v) is 20.6. The Hall–Kier alpha value is -5.08. The van der Waals surface area contributed by atoms with E-state index in [9.17, 15) is 0 Å². The molecule has 8 rings (SSSR count). The molecule has 1 heterocycles. The lowest BCUT2D eigenvalue weighted by atomic mass is 9.93. The summed E-state index contributed by atoms with van der Waals surface area (Å²) in [6.45, 7) is 0. The van der Waals surface area contributed by atoms with Crippen molar-refractivity contribution >= 4 is 54.1 Å². The fourth-order valence-electron chi connectivity index (χ4n) is 5.78. The van der Waals surface area contributed by atoms with Gasteiger partial charge < -0.3 is 0 Å². The minimum atomic E-state index is 0.901. The van der Waals surface area contributed by atoms with Crippen LogP contribution >= 0.6 is 0 Å². The van der Waals surface area contributed by atoms with Crippen LogP contribution in [0.4, 0.5) is 0 Å². The Labute approximate surface area is 219 Å². The summed E-state index contributed by atoms with van der Waals surface area (Å²) in [6.07, 6.45) is 0. The van der Waals surface area contributed by atoms with Crippen molar-refractivity contribution in [3.8, 4) is 22.5 Å². The molecule has 0 saturated carbocycles. The number of benzene rings is 7. The van der Waals surface area contributed by atoms with Crippen LogP contribution < -0.4 is 0 Å². The highest BCUT2D eigenvalue weighted by Crippen LogP contribution is 2.37. The monoisotopic (exact) mass is 482 g/mol. The Balaban J connectivity index is 1.41. The lowest BCUT2D eigenvalue weighted by Crippen LogP contribution is -1.95. The molecular formula is C36H22N2. The molecule has 0 bridgehead atoms. The molecular weight excluding hydrogens is 460 g/mol. The number of hydrogen-bond acceptors (Lipinski definition) is 2. The highest BCUT2D eigenvalue weighted by atomic mass is 14.8. The van der Waals surface area contributed by atoms with Crippen molar-refractivity contribution in [3.05, 3.63) is 133 Å². The lowest BCUT2D eigenvalue weighted by molar-refractivity contribution is 1.29. The van der Waals surface area contributed by atoms with Crippen molar-refractivity contribution in [3.63, 3.8) is 0 Å². The van der Waals surface area contributed by atoms with E-state index in [1.807, 2.05) is 30.3 Å². The van der Waals surface area contributed by atoms with Crippen molar-refractivity contribution < 1.29 is 0 Å². The van der Waals surface area contributed by atoms with E-state index in [1.165, 1.54) is 43.1 Å². The number of rotatable bonds is 2. The fourth-order valence-corrected chi connectivity index (χ4v) is 5.78. The lowest BCUT2D eigenvalue weighted by Gasteiger charge is -2.13. The first kappa shape index (κ1) is 21.0. The second kappa shape index (κ2) is 8.22. The van der Waals surface area contributed by atoms with Crippen molar-refractivity contribution in [2.75, 3.05) is 0 Å². The molecule has 38 heavy (non-hydrogen) atoms. The highest BCUT2D eigenvalue weighted by Gasteiger charge is 2.15. The van der Waals surface area contributed by atoms with Crippen LogP contribution in [0, 0.1) is 0 Å². The predicted octanol–water partition coefficient (Wildman–Crippen LogP) is 9.58. The van der Waals surface area contributed by atoms with Gasteiger partial charge in [0.1, 0.15) is 0 Å². The molecule has 1 aromatic heterocycles. The normalized spacial score (nSPS) is 11.7. The van der Waals surface area contributed by atoms with Crippen LogP contribution in [0.5, 0.6) is 0 Å². The molecule has 0 N–H and O–H groups in total. The number of aromatic nitrogens is 2. The molecule has 0 aliphatic heterocycles. The average Bonchev–Trinajstić information content (AvgIpc) is 3.00. The van der Waals surface area contributed by atoms with E-state index in [4.69, 9.17) is 9.97 Å². The number of fused-ring (bicyclic) bond motifs is 8. The van der Waals surface area contributed by atoms with Crippen LogP contribution in [-0.4, -0.2) is 9.97 Å². The van der Waals surface area contributed by atoms with Gasteiger partial charge in [0.2, 0.25) is 0 Å². The molecule has 2 heteroatoms. The molecule has 0 saturated heterocycles. The average molecular weight is 483 g/mol. The summed E-state index contributed by atoms with van der Waals surface area (Å²) in [5, 5.41) is 10.1. The quantitative estimate of drug-likeness (QED) is 0.229. The standard InChI is InChI=1S/C36H22N2/c1-2-9-25(10-3-1)35-36(38-34-13-7-6-12-33(34)37-35)26-15-14-24-17-19-30-29-18-16-23-8-4-5-11-27(23)28(29)20-21-31(30)32(24)22-26/h1-22H. The van der Waals surface area contributed by atoms with E-state index in [0.717, 1.165) is 33.5 Å². The van der Waals surface area contributed by atoms with Crippen LogP contribution in [0.25, 0.3) is 76.6 Å². The van der Waals surface area contributed by atoms with Gasteiger partial charge in [-0.25, -0.2) is 9.97 Å². The van der Waals surface area contributed by atoms with Gasteiger partial charge in [0, 0.05) is 11.1 Å². The maximum absolute atomic E-state index is 5.13. The number of hydrogen-bond donors (Lipinski definition) is 0. The maximum Gasteiger partial charge on any atom is 0.0973 e. The van der Waals surface area contributed by atoms with Crippen LogP contribution in [0.2, 0.25) is 0 Å². The van der Waals surface area contributed by atoms with E-state index in [2.05, 4.69) is 103 Å². The van der Waals surface area contributed by atoms with E-state index < -0.39 is 0 Å². The van der Waals surface area contributed by atoms with Crippen molar-refractivity contribution in [1.29, 1.82) is 0 Å². The van der Waals surface area contributed by atoms with Crippen LogP contribution in [0.1, 0.15) is 0 Å². The topological polar surface area (TPSA) is 25.8 Å². The van der Waals surface area contributed by atoms with Gasteiger partial charge in [0.05, 0.1) is 22.4 Å². The van der Waals surface area contributed by atoms with Gasteiger partial charge in [-0.15, -0.1) is 0 Å². The molecule has 0 aliphatic rings. The third-order valence-corrected chi connectivity index (χ3v) is 7.63. The minimum absolute atomic E-state index is 0.901. The third-order valence-electron chi connectivity index (χ3n) is 7.63. The number of para-hydroxylation sites is 2. The number of nitrogens with zero attached hydrogens (tertiary/aromatic N) is 2. The van der Waals surface area contributed by atoms with Gasteiger partial charge in [-0.1, -0.05) is 115 Å². The van der Waals surface area contributed by atoms with Crippen LogP contribution in [-0.2, 0) is 0 Å². The Kier molecular flexibility index (Phi) is 4.55. The van der Waals surface area contributed by atoms with Crippen molar-refractivity contribution in [1.82, 2.24) is 9.97 Å². The largest absolute Gasteiger partial charge is 0.244 e. The van der Waals surface area contributed by atoms with Gasteiger partial charge in [-0.2, -0.15) is 0 Å². The van der Waals surface area contributed by atoms with Gasteiger partial charge in [0.25, 0.3) is 0 Å². The maximum atomic E-state index is 5.13. The predicted molar refractivity (Wildman–Crippen MR) is 160 cm³/mol. The zero-order chi connectivity index (χ0) is 25.1. The summed E-state index contributed by atoms with van der Waals surface area (Å²) >= 11 is 0. The van der Waals surface area contributed by atoms with Crippen LogP contribution in [0.3, 0.4) is 0 Å². The zero-order valence-electron chi connectivity index (χ0n) is 20.6. The first-order valence-corrected chi connectivity index (χ1v) is 12.9. The molecule has 8 aromatic rings. The van der Waals surface area contributed by atoms with E-state index >= 15 is 0 Å². The summed E-state index contributed by atoms with van der Waals surface area (Å²) in [6, 6.07) is 47.3. The summed E-state index contributed by atoms with van der Waals surface area (Å²) in [4.78, 5) is 10.2. The van der Waals surface area contributed by atoms with Crippen molar-refractivity contribution in [2.45, 2.75) is 0 Å². The summed E-state index contributed by atoms with van der Waals surface area (Å²) < 4.78 is 0. The van der Waals surface area contributed by atoms with E-state index in [0.29, 0.717) is 0 Å². The second-order valence-corrected chi connectivity index (χ2v) is 9.82. The molecule has 176 valence electrons. The van der Waals surface area contributed by atoms with Gasteiger partial charge >= 0.3 is 0 Å². The van der Waals surface area contributed by atoms with Gasteiger partial charge in [-0.3, -0.25) is 0 Å². The molecule has 0 unspecified atom stereocenters. The molecule has 0 radical (unpaired) electrons. The van der Waals surface area contributed by atoms with Crippen molar-refractivity contribution in [2.24, 2.45) is 0 Å². The van der Waals surface area contributed by atoms with Gasteiger partial charge in [-0.05, 0) is 61.3 Å². The molecule has 7 aromatic carbocycles. The van der Waals surface area contributed by atoms with E-state index in [1.54, 1.807) is 0 Å². The summed E-state index contributed by atoms with van der Waals surface area (Å²) in [5.41, 5.74) is 5.75. The first-order valence-electron chi connectivity index (χ1n) is 12.9. The second-order valence-electron chi connectivity index (χ2n) is 9.82. The SMILES string of the molecule is c1ccc(-c2nc3ccccc3nc2-c2ccc3ccc4c(ccc5c6ccccc6ccc54)c3c2)cc1. The third kappa shape index (κ3) is 3.21. The highest BCUT2D eigenvalue weighted by molar-refractivity contribution is 6.22. The molecule has 2 nitrogen and oxygen atoms in total. The molecule has 0 amide bonds. The van der Waals surface area contributed by atoms with Crippen LogP contribution in [0.15, 0.2) is 133 Å². The molecule has 0 fully saturated rings. The summed E-state index contributed by atoms with van der Waals surface area (Å²) in [7, 11) is 0. The Morgan fingerprint density at radius 3 is 1.55 bits per heavy atom. The Morgan fingerprint density at radius 1 is 0.316 bits per heavy atom. The molecule has 0 aliphatic carbocycles.